The first kappa shape index (κ1) is 36.8. The summed E-state index contributed by atoms with van der Waals surface area (Å²) in [6, 6.07) is 89.3. The molecule has 64 heavy (non-hydrogen) atoms. The van der Waals surface area contributed by atoms with Crippen LogP contribution in [0.1, 0.15) is 22.3 Å². The number of aromatic nitrogens is 1. The lowest BCUT2D eigenvalue weighted by Gasteiger charge is -2.39. The average Bonchev–Trinajstić information content (AvgIpc) is 3.85. The van der Waals surface area contributed by atoms with Gasteiger partial charge in [0.25, 0.3) is 0 Å². The zero-order chi connectivity index (χ0) is 42.2. The number of hydrogen-bond acceptors (Lipinski definition) is 2. The second-order valence-electron chi connectivity index (χ2n) is 16.8. The molecule has 2 heterocycles. The quantitative estimate of drug-likeness (QED) is 0.165. The van der Waals surface area contributed by atoms with Gasteiger partial charge in [0.2, 0.25) is 0 Å². The molecule has 0 amide bonds. The van der Waals surface area contributed by atoms with Crippen molar-refractivity contribution in [1.82, 2.24) is 4.57 Å². The molecule has 1 aliphatic heterocycles. The van der Waals surface area contributed by atoms with E-state index in [2.05, 4.69) is 252 Å². The fourth-order valence-electron chi connectivity index (χ4n) is 10.7. The predicted molar refractivity (Wildman–Crippen MR) is 268 cm³/mol. The summed E-state index contributed by atoms with van der Waals surface area (Å²) < 4.78 is 2.48. The molecule has 0 atom stereocenters. The number of benzene rings is 10. The van der Waals surface area contributed by atoms with Crippen LogP contribution in [0.3, 0.4) is 0 Å². The Kier molecular flexibility index (Phi) is 8.40. The van der Waals surface area contributed by atoms with E-state index >= 15 is 0 Å². The molecule has 1 aromatic heterocycles. The summed E-state index contributed by atoms with van der Waals surface area (Å²) in [5.74, 6) is 0. The zero-order valence-corrected chi connectivity index (χ0v) is 35.7. The molecule has 13 rings (SSSR count). The molecular weight excluding hydrogens is 793 g/mol. The van der Waals surface area contributed by atoms with Crippen molar-refractivity contribution in [2.45, 2.75) is 15.2 Å². The Hall–Kier alpha value is -7.85. The molecule has 2 aliphatic rings. The third kappa shape index (κ3) is 5.48. The van der Waals surface area contributed by atoms with Crippen LogP contribution in [0.4, 0.5) is 17.1 Å². The first-order valence-corrected chi connectivity index (χ1v) is 22.8. The zero-order valence-electron chi connectivity index (χ0n) is 34.9. The average molecular weight is 833 g/mol. The predicted octanol–water partition coefficient (Wildman–Crippen LogP) is 16.4. The normalized spacial score (nSPS) is 13.1. The van der Waals surface area contributed by atoms with E-state index < -0.39 is 5.41 Å². The maximum absolute atomic E-state index is 2.52. The molecule has 300 valence electrons. The standard InChI is InChI=1S/C61H40N2S/c1-3-17-41(18-4-1)42-31-33-44(34-32-42)62(56-28-14-9-21-47(56)43-19-5-2-6-20-43)45-35-37-46(38-36-45)63-57-29-15-10-24-50(57)51-39-60-55(40-58(51)63)61(54-27-13-16-30-59(54)64-60)52-25-11-7-22-48(52)49-23-8-12-26-53(49)61/h1-40H. The topological polar surface area (TPSA) is 8.17 Å². The summed E-state index contributed by atoms with van der Waals surface area (Å²) in [6.45, 7) is 0. The largest absolute Gasteiger partial charge is 0.310 e. The van der Waals surface area contributed by atoms with Crippen LogP contribution in [-0.4, -0.2) is 4.57 Å². The highest BCUT2D eigenvalue weighted by molar-refractivity contribution is 7.99. The van der Waals surface area contributed by atoms with Gasteiger partial charge in [-0.2, -0.15) is 0 Å². The minimum atomic E-state index is -0.452. The van der Waals surface area contributed by atoms with Gasteiger partial charge in [0.15, 0.2) is 0 Å². The Bertz CT molecular complexity index is 3520. The van der Waals surface area contributed by atoms with Gasteiger partial charge in [-0.25, -0.2) is 0 Å². The van der Waals surface area contributed by atoms with Crippen molar-refractivity contribution in [2.24, 2.45) is 0 Å². The summed E-state index contributed by atoms with van der Waals surface area (Å²) in [5, 5.41) is 2.51. The maximum atomic E-state index is 2.52. The van der Waals surface area contributed by atoms with Crippen LogP contribution in [-0.2, 0) is 5.41 Å². The maximum Gasteiger partial charge on any atom is 0.0736 e. The highest BCUT2D eigenvalue weighted by atomic mass is 32.2. The van der Waals surface area contributed by atoms with Crippen molar-refractivity contribution in [1.29, 1.82) is 0 Å². The van der Waals surface area contributed by atoms with Crippen LogP contribution in [0.5, 0.6) is 0 Å². The van der Waals surface area contributed by atoms with E-state index in [4.69, 9.17) is 0 Å². The summed E-state index contributed by atoms with van der Waals surface area (Å²) in [7, 11) is 0. The minimum Gasteiger partial charge on any atom is -0.310 e. The van der Waals surface area contributed by atoms with Crippen LogP contribution in [0.2, 0.25) is 0 Å². The van der Waals surface area contributed by atoms with Gasteiger partial charge in [-0.05, 0) is 117 Å². The molecule has 0 saturated heterocycles. The fourth-order valence-corrected chi connectivity index (χ4v) is 12.0. The van der Waals surface area contributed by atoms with E-state index in [0.29, 0.717) is 0 Å². The molecule has 11 aromatic rings. The lowest BCUT2D eigenvalue weighted by atomic mass is 9.67. The Morgan fingerprint density at radius 3 is 1.58 bits per heavy atom. The number of anilines is 3. The molecule has 0 saturated carbocycles. The van der Waals surface area contributed by atoms with Gasteiger partial charge in [0.05, 0.1) is 22.1 Å². The van der Waals surface area contributed by atoms with Crippen LogP contribution < -0.4 is 4.90 Å². The van der Waals surface area contributed by atoms with Gasteiger partial charge in [-0.1, -0.05) is 188 Å². The Balaban J connectivity index is 1.01. The van der Waals surface area contributed by atoms with E-state index in [1.807, 2.05) is 11.8 Å². The molecule has 1 aliphatic carbocycles. The third-order valence-electron chi connectivity index (χ3n) is 13.5. The summed E-state index contributed by atoms with van der Waals surface area (Å²) in [5.41, 5.74) is 19.1. The van der Waals surface area contributed by atoms with Crippen molar-refractivity contribution >= 4 is 50.6 Å². The van der Waals surface area contributed by atoms with Crippen LogP contribution in [0.25, 0.3) is 60.9 Å². The lowest BCUT2D eigenvalue weighted by molar-refractivity contribution is 0.724. The molecule has 1 spiro atoms. The molecule has 0 bridgehead atoms. The van der Waals surface area contributed by atoms with Gasteiger partial charge in [0.1, 0.15) is 0 Å². The van der Waals surface area contributed by atoms with E-state index in [0.717, 1.165) is 22.7 Å². The van der Waals surface area contributed by atoms with Crippen molar-refractivity contribution in [3.63, 3.8) is 0 Å². The molecule has 10 aromatic carbocycles. The summed E-state index contributed by atoms with van der Waals surface area (Å²) in [6.07, 6.45) is 0. The SMILES string of the molecule is c1ccc(-c2ccc(N(c3ccc(-n4c5ccccc5c5cc6c(cc54)C4(c5ccccc5S6)c5ccccc5-c5ccccc54)cc3)c3ccccc3-c3ccccc3)cc2)cc1. The van der Waals surface area contributed by atoms with Crippen molar-refractivity contribution < 1.29 is 0 Å². The highest BCUT2D eigenvalue weighted by Gasteiger charge is 2.50. The van der Waals surface area contributed by atoms with E-state index in [1.54, 1.807) is 0 Å². The molecule has 0 N–H and O–H groups in total. The van der Waals surface area contributed by atoms with E-state index in [-0.39, 0.29) is 0 Å². The van der Waals surface area contributed by atoms with E-state index in [1.165, 1.54) is 87.2 Å². The second kappa shape index (κ2) is 14.6. The van der Waals surface area contributed by atoms with Crippen LogP contribution in [0, 0.1) is 0 Å². The van der Waals surface area contributed by atoms with Crippen molar-refractivity contribution in [2.75, 3.05) is 4.90 Å². The first-order valence-electron chi connectivity index (χ1n) is 22.0. The van der Waals surface area contributed by atoms with Gasteiger partial charge < -0.3 is 9.47 Å². The van der Waals surface area contributed by atoms with Crippen molar-refractivity contribution in [3.8, 4) is 39.1 Å². The van der Waals surface area contributed by atoms with Gasteiger partial charge in [-0.3, -0.25) is 0 Å². The summed E-state index contributed by atoms with van der Waals surface area (Å²) in [4.78, 5) is 5.02. The monoisotopic (exact) mass is 832 g/mol. The van der Waals surface area contributed by atoms with Crippen molar-refractivity contribution in [3.05, 3.63) is 265 Å². The van der Waals surface area contributed by atoms with Gasteiger partial charge in [0, 0.05) is 43.2 Å². The molecule has 0 radical (unpaired) electrons. The summed E-state index contributed by atoms with van der Waals surface area (Å²) >= 11 is 1.91. The molecule has 2 nitrogen and oxygen atoms in total. The molecular formula is C61H40N2S. The van der Waals surface area contributed by atoms with Gasteiger partial charge in [-0.15, -0.1) is 0 Å². The number of hydrogen-bond donors (Lipinski definition) is 0. The lowest BCUT2D eigenvalue weighted by Crippen LogP contribution is -2.32. The fraction of sp³-hybridized carbons (Fsp3) is 0.0164. The van der Waals surface area contributed by atoms with Crippen LogP contribution >= 0.6 is 11.8 Å². The number of nitrogens with zero attached hydrogens (tertiary/aromatic N) is 2. The molecule has 0 unspecified atom stereocenters. The van der Waals surface area contributed by atoms with E-state index in [9.17, 15) is 0 Å². The highest BCUT2D eigenvalue weighted by Crippen LogP contribution is 2.62. The van der Waals surface area contributed by atoms with Gasteiger partial charge >= 0.3 is 0 Å². The number of para-hydroxylation sites is 2. The molecule has 3 heteroatoms. The second-order valence-corrected chi connectivity index (χ2v) is 17.9. The molecule has 0 fully saturated rings. The number of fused-ring (bicyclic) bond motifs is 12. The minimum absolute atomic E-state index is 0.452. The Labute approximate surface area is 377 Å². The smallest absolute Gasteiger partial charge is 0.0736 e. The first-order chi connectivity index (χ1) is 31.8. The van der Waals surface area contributed by atoms with Crippen LogP contribution in [0.15, 0.2) is 252 Å². The Morgan fingerprint density at radius 1 is 0.344 bits per heavy atom. The number of rotatable bonds is 6. The third-order valence-corrected chi connectivity index (χ3v) is 14.6. The Morgan fingerprint density at radius 2 is 0.875 bits per heavy atom.